The molecule has 1 aromatic rings. The Kier molecular flexibility index (Phi) is 9.76. The second kappa shape index (κ2) is 11.8. The summed E-state index contributed by atoms with van der Waals surface area (Å²) in [6.07, 6.45) is 0.0929. The zero-order valence-corrected chi connectivity index (χ0v) is 16.4. The SMILES string of the molecule is CC(C)[C@H](N)C(=O)NCC(=O)N[C@@H](Cc1ccccc1)C(=O)N[C@@H](CO)C(=O)O. The Morgan fingerprint density at radius 2 is 1.62 bits per heavy atom. The van der Waals surface area contributed by atoms with Crippen LogP contribution in [0.1, 0.15) is 19.4 Å². The van der Waals surface area contributed by atoms with Crippen molar-refractivity contribution in [2.45, 2.75) is 38.4 Å². The molecule has 0 spiro atoms. The minimum Gasteiger partial charge on any atom is -0.480 e. The van der Waals surface area contributed by atoms with Gasteiger partial charge in [0.15, 0.2) is 0 Å². The summed E-state index contributed by atoms with van der Waals surface area (Å²) in [4.78, 5) is 47.6. The molecule has 7 N–H and O–H groups in total. The number of rotatable bonds is 11. The number of aliphatic hydroxyl groups excluding tert-OH is 1. The van der Waals surface area contributed by atoms with Gasteiger partial charge in [-0.2, -0.15) is 0 Å². The molecule has 0 bridgehead atoms. The highest BCUT2D eigenvalue weighted by molar-refractivity contribution is 5.92. The zero-order chi connectivity index (χ0) is 22.0. The lowest BCUT2D eigenvalue weighted by Gasteiger charge is -2.21. The third kappa shape index (κ3) is 8.28. The molecule has 10 nitrogen and oxygen atoms in total. The average Bonchev–Trinajstić information content (AvgIpc) is 2.69. The van der Waals surface area contributed by atoms with Crippen LogP contribution in [0, 0.1) is 5.92 Å². The number of hydrogen-bond acceptors (Lipinski definition) is 6. The van der Waals surface area contributed by atoms with E-state index in [1.165, 1.54) is 0 Å². The summed E-state index contributed by atoms with van der Waals surface area (Å²) < 4.78 is 0. The van der Waals surface area contributed by atoms with Crippen molar-refractivity contribution in [2.75, 3.05) is 13.2 Å². The molecule has 0 heterocycles. The number of aliphatic carboxylic acids is 1. The van der Waals surface area contributed by atoms with Crippen molar-refractivity contribution in [2.24, 2.45) is 11.7 Å². The van der Waals surface area contributed by atoms with E-state index in [-0.39, 0.29) is 18.9 Å². The molecular weight excluding hydrogens is 380 g/mol. The Morgan fingerprint density at radius 3 is 2.14 bits per heavy atom. The van der Waals surface area contributed by atoms with E-state index in [4.69, 9.17) is 15.9 Å². The highest BCUT2D eigenvalue weighted by atomic mass is 16.4. The van der Waals surface area contributed by atoms with Gasteiger partial charge in [-0.25, -0.2) is 4.79 Å². The van der Waals surface area contributed by atoms with Crippen molar-refractivity contribution >= 4 is 23.7 Å². The van der Waals surface area contributed by atoms with Crippen molar-refractivity contribution < 1.29 is 29.4 Å². The smallest absolute Gasteiger partial charge is 0.328 e. The van der Waals surface area contributed by atoms with Gasteiger partial charge in [0.25, 0.3) is 0 Å². The standard InChI is InChI=1S/C19H28N4O6/c1-11(2)16(20)18(27)21-9-15(25)22-13(8-12-6-4-3-5-7-12)17(26)23-14(10-24)19(28)29/h3-7,11,13-14,16,24H,8-10,20H2,1-2H3,(H,21,27)(H,22,25)(H,23,26)(H,28,29)/t13-,14-,16-/m0/s1. The predicted octanol–water partition coefficient (Wildman–Crippen LogP) is -1.62. The minimum absolute atomic E-state index is 0.0929. The minimum atomic E-state index is -1.50. The fraction of sp³-hybridized carbons (Fsp3) is 0.474. The molecule has 0 fully saturated rings. The number of carboxylic acids is 1. The number of carbonyl (C=O) groups excluding carboxylic acids is 3. The molecule has 1 aromatic carbocycles. The monoisotopic (exact) mass is 408 g/mol. The Labute approximate surface area is 168 Å². The molecule has 3 atom stereocenters. The maximum atomic E-state index is 12.5. The number of carbonyl (C=O) groups is 4. The average molecular weight is 408 g/mol. The first-order chi connectivity index (χ1) is 13.6. The molecule has 0 aliphatic carbocycles. The van der Waals surface area contributed by atoms with E-state index >= 15 is 0 Å². The number of nitrogens with two attached hydrogens (primary N) is 1. The van der Waals surface area contributed by atoms with Crippen molar-refractivity contribution in [1.29, 1.82) is 0 Å². The van der Waals surface area contributed by atoms with Crippen molar-refractivity contribution in [3.63, 3.8) is 0 Å². The van der Waals surface area contributed by atoms with Crippen LogP contribution < -0.4 is 21.7 Å². The first kappa shape index (κ1) is 24.1. The lowest BCUT2D eigenvalue weighted by molar-refractivity contribution is -0.143. The zero-order valence-electron chi connectivity index (χ0n) is 16.4. The molecule has 0 saturated heterocycles. The van der Waals surface area contributed by atoms with Gasteiger partial charge in [0, 0.05) is 6.42 Å². The van der Waals surface area contributed by atoms with Crippen LogP contribution in [0.4, 0.5) is 0 Å². The van der Waals surface area contributed by atoms with Gasteiger partial charge in [-0.3, -0.25) is 14.4 Å². The number of nitrogens with one attached hydrogen (secondary N) is 3. The Bertz CT molecular complexity index is 710. The molecule has 0 saturated carbocycles. The third-order valence-corrected chi connectivity index (χ3v) is 4.18. The van der Waals surface area contributed by atoms with Crippen LogP contribution in [-0.2, 0) is 25.6 Å². The Hall–Kier alpha value is -2.98. The maximum Gasteiger partial charge on any atom is 0.328 e. The fourth-order valence-electron chi connectivity index (χ4n) is 2.35. The first-order valence-corrected chi connectivity index (χ1v) is 9.16. The van der Waals surface area contributed by atoms with E-state index < -0.39 is 48.4 Å². The van der Waals surface area contributed by atoms with E-state index in [0.29, 0.717) is 0 Å². The molecule has 0 aromatic heterocycles. The molecule has 0 radical (unpaired) electrons. The van der Waals surface area contributed by atoms with E-state index in [1.807, 2.05) is 0 Å². The summed E-state index contributed by atoms with van der Waals surface area (Å²) in [6, 6.07) is 5.42. The quantitative estimate of drug-likeness (QED) is 0.255. The third-order valence-electron chi connectivity index (χ3n) is 4.18. The van der Waals surface area contributed by atoms with Crippen molar-refractivity contribution in [1.82, 2.24) is 16.0 Å². The Balaban J connectivity index is 2.80. The molecular formula is C19H28N4O6. The molecule has 1 rings (SSSR count). The molecule has 0 aliphatic heterocycles. The summed E-state index contributed by atoms with van der Waals surface area (Å²) >= 11 is 0. The number of carboxylic acid groups (broad SMARTS) is 1. The van der Waals surface area contributed by atoms with Gasteiger partial charge >= 0.3 is 5.97 Å². The fourth-order valence-corrected chi connectivity index (χ4v) is 2.35. The van der Waals surface area contributed by atoms with Gasteiger partial charge < -0.3 is 31.9 Å². The summed E-state index contributed by atoms with van der Waals surface area (Å²) in [6.45, 7) is 2.35. The van der Waals surface area contributed by atoms with E-state index in [2.05, 4.69) is 16.0 Å². The summed E-state index contributed by atoms with van der Waals surface area (Å²) in [5, 5.41) is 25.2. The van der Waals surface area contributed by atoms with Gasteiger partial charge in [0.2, 0.25) is 17.7 Å². The molecule has 0 aliphatic rings. The molecule has 29 heavy (non-hydrogen) atoms. The Morgan fingerprint density at radius 1 is 1.00 bits per heavy atom. The number of amides is 3. The molecule has 0 unspecified atom stereocenters. The lowest BCUT2D eigenvalue weighted by Crippen LogP contribution is -2.55. The highest BCUT2D eigenvalue weighted by Gasteiger charge is 2.27. The van der Waals surface area contributed by atoms with Gasteiger partial charge in [-0.1, -0.05) is 44.2 Å². The van der Waals surface area contributed by atoms with Crippen molar-refractivity contribution in [3.8, 4) is 0 Å². The summed E-state index contributed by atoms with van der Waals surface area (Å²) in [5.41, 5.74) is 6.44. The van der Waals surface area contributed by atoms with Crippen LogP contribution in [0.2, 0.25) is 0 Å². The maximum absolute atomic E-state index is 12.5. The van der Waals surface area contributed by atoms with Gasteiger partial charge in [-0.15, -0.1) is 0 Å². The van der Waals surface area contributed by atoms with Gasteiger partial charge in [-0.05, 0) is 11.5 Å². The highest BCUT2D eigenvalue weighted by Crippen LogP contribution is 2.04. The summed E-state index contributed by atoms with van der Waals surface area (Å²) in [7, 11) is 0. The number of benzene rings is 1. The largest absolute Gasteiger partial charge is 0.480 e. The van der Waals surface area contributed by atoms with Gasteiger partial charge in [0.1, 0.15) is 12.1 Å². The van der Waals surface area contributed by atoms with Gasteiger partial charge in [0.05, 0.1) is 19.2 Å². The predicted molar refractivity (Wildman–Crippen MR) is 105 cm³/mol. The molecule has 3 amide bonds. The second-order valence-electron chi connectivity index (χ2n) is 6.88. The van der Waals surface area contributed by atoms with Crippen LogP contribution in [-0.4, -0.2) is 65.2 Å². The number of hydrogen-bond donors (Lipinski definition) is 6. The topological polar surface area (TPSA) is 171 Å². The van der Waals surface area contributed by atoms with E-state index in [1.54, 1.807) is 44.2 Å². The first-order valence-electron chi connectivity index (χ1n) is 9.16. The van der Waals surface area contributed by atoms with Crippen LogP contribution in [0.3, 0.4) is 0 Å². The number of aliphatic hydroxyl groups is 1. The second-order valence-corrected chi connectivity index (χ2v) is 6.88. The van der Waals surface area contributed by atoms with Crippen LogP contribution in [0.15, 0.2) is 30.3 Å². The molecule has 160 valence electrons. The molecule has 10 heteroatoms. The van der Waals surface area contributed by atoms with Crippen LogP contribution in [0.25, 0.3) is 0 Å². The normalized spacial score (nSPS) is 13.8. The van der Waals surface area contributed by atoms with E-state index in [9.17, 15) is 19.2 Å². The summed E-state index contributed by atoms with van der Waals surface area (Å²) in [5.74, 6) is -3.41. The van der Waals surface area contributed by atoms with Crippen LogP contribution in [0.5, 0.6) is 0 Å². The van der Waals surface area contributed by atoms with Crippen molar-refractivity contribution in [3.05, 3.63) is 35.9 Å². The lowest BCUT2D eigenvalue weighted by atomic mass is 10.0. The van der Waals surface area contributed by atoms with Crippen LogP contribution >= 0.6 is 0 Å². The van der Waals surface area contributed by atoms with E-state index in [0.717, 1.165) is 5.56 Å².